The third kappa shape index (κ3) is 3.28. The molecule has 170 valence electrons. The lowest BCUT2D eigenvalue weighted by atomic mass is 9.53. The van der Waals surface area contributed by atoms with Gasteiger partial charge in [-0.1, -0.05) is 0 Å². The molecule has 9 rings (SSSR count). The molecule has 1 heterocycles. The Hall–Kier alpha value is -1.10. The highest BCUT2D eigenvalue weighted by atomic mass is 16.5. The van der Waals surface area contributed by atoms with E-state index < -0.39 is 12.2 Å². The first-order valence-electron chi connectivity index (χ1n) is 13.2. The summed E-state index contributed by atoms with van der Waals surface area (Å²) in [7, 11) is 0. The number of carbonyl (C=O) groups is 2. The first kappa shape index (κ1) is 19.4. The zero-order chi connectivity index (χ0) is 20.8. The SMILES string of the molecule is O=C(NC12CC3CC(CC(C3)C1)C2)C1CCC(C(=O)NC23CC4CC(CC(C4)C2)C3)O1. The van der Waals surface area contributed by atoms with E-state index in [1.54, 1.807) is 0 Å². The molecule has 8 bridgehead atoms. The Morgan fingerprint density at radius 1 is 0.548 bits per heavy atom. The van der Waals surface area contributed by atoms with Crippen molar-refractivity contribution < 1.29 is 14.3 Å². The van der Waals surface area contributed by atoms with E-state index in [0.717, 1.165) is 74.0 Å². The van der Waals surface area contributed by atoms with Gasteiger partial charge >= 0.3 is 0 Å². The zero-order valence-corrected chi connectivity index (χ0v) is 18.7. The quantitative estimate of drug-likeness (QED) is 0.720. The predicted octanol–water partition coefficient (Wildman–Crippen LogP) is 3.70. The van der Waals surface area contributed by atoms with Crippen LogP contribution in [0.5, 0.6) is 0 Å². The molecule has 0 aromatic carbocycles. The highest BCUT2D eigenvalue weighted by molar-refractivity contribution is 5.85. The summed E-state index contributed by atoms with van der Waals surface area (Å²) in [6.07, 6.45) is 15.7. The molecule has 8 aliphatic carbocycles. The van der Waals surface area contributed by atoms with E-state index in [1.807, 2.05) is 0 Å². The Bertz CT molecular complexity index is 657. The minimum absolute atomic E-state index is 0.0226. The van der Waals surface area contributed by atoms with Crippen molar-refractivity contribution >= 4 is 11.8 Å². The topological polar surface area (TPSA) is 67.4 Å². The van der Waals surface area contributed by atoms with E-state index >= 15 is 0 Å². The summed E-state index contributed by atoms with van der Waals surface area (Å²) in [5.41, 5.74) is 0.0451. The Kier molecular flexibility index (Phi) is 4.19. The molecule has 31 heavy (non-hydrogen) atoms. The van der Waals surface area contributed by atoms with Gasteiger partial charge in [-0.25, -0.2) is 0 Å². The van der Waals surface area contributed by atoms with E-state index in [2.05, 4.69) is 10.6 Å². The van der Waals surface area contributed by atoms with Crippen molar-refractivity contribution in [2.45, 2.75) is 113 Å². The van der Waals surface area contributed by atoms with Crippen molar-refractivity contribution in [2.24, 2.45) is 35.5 Å². The monoisotopic (exact) mass is 426 g/mol. The molecule has 9 fully saturated rings. The normalized spacial score (nSPS) is 53.7. The van der Waals surface area contributed by atoms with Crippen LogP contribution in [0.15, 0.2) is 0 Å². The van der Waals surface area contributed by atoms with Gasteiger partial charge in [-0.2, -0.15) is 0 Å². The molecule has 2 amide bonds. The number of hydrogen-bond acceptors (Lipinski definition) is 3. The van der Waals surface area contributed by atoms with Crippen LogP contribution < -0.4 is 10.6 Å². The maximum Gasteiger partial charge on any atom is 0.249 e. The Balaban J connectivity index is 0.975. The van der Waals surface area contributed by atoms with Gasteiger partial charge in [-0.3, -0.25) is 9.59 Å². The Morgan fingerprint density at radius 3 is 1.13 bits per heavy atom. The highest BCUT2D eigenvalue weighted by Gasteiger charge is 2.54. The second kappa shape index (κ2) is 6.71. The molecule has 9 aliphatic rings. The predicted molar refractivity (Wildman–Crippen MR) is 116 cm³/mol. The minimum atomic E-state index is -0.444. The third-order valence-corrected chi connectivity index (χ3v) is 10.5. The van der Waals surface area contributed by atoms with Gasteiger partial charge in [-0.15, -0.1) is 0 Å². The largest absolute Gasteiger partial charge is 0.355 e. The molecule has 2 unspecified atom stereocenters. The highest BCUT2D eigenvalue weighted by Crippen LogP contribution is 2.56. The van der Waals surface area contributed by atoms with Crippen LogP contribution in [0.2, 0.25) is 0 Å². The number of amides is 2. The Labute approximate surface area is 185 Å². The summed E-state index contributed by atoms with van der Waals surface area (Å²) in [5.74, 6) is 4.98. The summed E-state index contributed by atoms with van der Waals surface area (Å²) in [4.78, 5) is 26.3. The summed E-state index contributed by atoms with van der Waals surface area (Å²) >= 11 is 0. The third-order valence-electron chi connectivity index (χ3n) is 10.5. The maximum atomic E-state index is 13.1. The van der Waals surface area contributed by atoms with E-state index in [1.165, 1.54) is 38.5 Å². The molecule has 2 atom stereocenters. The fraction of sp³-hybridized carbons (Fsp3) is 0.923. The molecule has 0 radical (unpaired) electrons. The number of ether oxygens (including phenoxy) is 1. The molecule has 8 saturated carbocycles. The number of nitrogens with one attached hydrogen (secondary N) is 2. The van der Waals surface area contributed by atoms with Crippen molar-refractivity contribution in [3.8, 4) is 0 Å². The van der Waals surface area contributed by atoms with E-state index in [-0.39, 0.29) is 22.9 Å². The molecule has 1 saturated heterocycles. The van der Waals surface area contributed by atoms with Crippen LogP contribution in [0, 0.1) is 35.5 Å². The van der Waals surface area contributed by atoms with Gasteiger partial charge in [0, 0.05) is 11.1 Å². The molecular formula is C26H38N2O3. The second-order valence-electron chi connectivity index (χ2n) is 13.1. The van der Waals surface area contributed by atoms with Crippen LogP contribution in [-0.4, -0.2) is 35.1 Å². The van der Waals surface area contributed by atoms with E-state index in [0.29, 0.717) is 12.8 Å². The lowest BCUT2D eigenvalue weighted by Gasteiger charge is -2.57. The van der Waals surface area contributed by atoms with Crippen LogP contribution in [-0.2, 0) is 14.3 Å². The van der Waals surface area contributed by atoms with Gasteiger partial charge in [0.25, 0.3) is 0 Å². The van der Waals surface area contributed by atoms with Crippen molar-refractivity contribution in [2.75, 3.05) is 0 Å². The van der Waals surface area contributed by atoms with Crippen molar-refractivity contribution in [3.63, 3.8) is 0 Å². The van der Waals surface area contributed by atoms with Crippen LogP contribution in [0.4, 0.5) is 0 Å². The van der Waals surface area contributed by atoms with Crippen molar-refractivity contribution in [3.05, 3.63) is 0 Å². The zero-order valence-electron chi connectivity index (χ0n) is 18.7. The number of carbonyl (C=O) groups excluding carboxylic acids is 2. The molecule has 5 heteroatoms. The number of rotatable bonds is 4. The smallest absolute Gasteiger partial charge is 0.249 e. The molecule has 0 aromatic heterocycles. The lowest BCUT2D eigenvalue weighted by molar-refractivity contribution is -0.145. The second-order valence-corrected chi connectivity index (χ2v) is 13.1. The summed E-state index contributed by atoms with van der Waals surface area (Å²) in [6, 6.07) is 0. The summed E-state index contributed by atoms with van der Waals surface area (Å²) in [5, 5.41) is 6.91. The van der Waals surface area contributed by atoms with Crippen LogP contribution in [0.3, 0.4) is 0 Å². The lowest BCUT2D eigenvalue weighted by Crippen LogP contribution is -2.62. The fourth-order valence-corrected chi connectivity index (χ4v) is 10.2. The average molecular weight is 427 g/mol. The van der Waals surface area contributed by atoms with Gasteiger partial charge in [0.15, 0.2) is 0 Å². The molecular weight excluding hydrogens is 388 g/mol. The van der Waals surface area contributed by atoms with Crippen LogP contribution in [0.25, 0.3) is 0 Å². The molecule has 1 aliphatic heterocycles. The van der Waals surface area contributed by atoms with E-state index in [4.69, 9.17) is 4.74 Å². The fourth-order valence-electron chi connectivity index (χ4n) is 10.2. The van der Waals surface area contributed by atoms with Gasteiger partial charge in [0.05, 0.1) is 0 Å². The standard InChI is InChI=1S/C26H38N2O3/c29-23(27-25-9-15-3-16(10-25)5-17(4-15)11-25)21-1-2-22(31-21)24(30)28-26-12-18-6-19(13-26)8-20(7-18)14-26/h15-22H,1-14H2,(H,27,29)(H,28,30). The molecule has 0 aromatic rings. The summed E-state index contributed by atoms with van der Waals surface area (Å²) < 4.78 is 6.09. The van der Waals surface area contributed by atoms with Gasteiger partial charge in [0.1, 0.15) is 12.2 Å². The number of hydrogen-bond donors (Lipinski definition) is 2. The molecule has 0 spiro atoms. The van der Waals surface area contributed by atoms with Gasteiger partial charge in [-0.05, 0) is 125 Å². The minimum Gasteiger partial charge on any atom is -0.355 e. The first-order chi connectivity index (χ1) is 14.9. The first-order valence-corrected chi connectivity index (χ1v) is 13.2. The van der Waals surface area contributed by atoms with Crippen LogP contribution in [0.1, 0.15) is 89.9 Å². The molecule has 2 N–H and O–H groups in total. The maximum absolute atomic E-state index is 13.1. The van der Waals surface area contributed by atoms with Crippen molar-refractivity contribution in [1.29, 1.82) is 0 Å². The summed E-state index contributed by atoms with van der Waals surface area (Å²) in [6.45, 7) is 0. The average Bonchev–Trinajstić information content (AvgIpc) is 3.15. The van der Waals surface area contributed by atoms with Crippen LogP contribution >= 0.6 is 0 Å². The van der Waals surface area contributed by atoms with Gasteiger partial charge < -0.3 is 15.4 Å². The van der Waals surface area contributed by atoms with E-state index in [9.17, 15) is 9.59 Å². The van der Waals surface area contributed by atoms with Crippen molar-refractivity contribution in [1.82, 2.24) is 10.6 Å². The van der Waals surface area contributed by atoms with Gasteiger partial charge in [0.2, 0.25) is 11.8 Å². The molecule has 5 nitrogen and oxygen atoms in total. The Morgan fingerprint density at radius 2 is 0.839 bits per heavy atom.